The van der Waals surface area contributed by atoms with Crippen molar-refractivity contribution in [2.75, 3.05) is 31.1 Å². The van der Waals surface area contributed by atoms with E-state index in [9.17, 15) is 13.6 Å². The average Bonchev–Trinajstić information content (AvgIpc) is 2.56. The molecule has 0 unspecified atom stereocenters. The summed E-state index contributed by atoms with van der Waals surface area (Å²) in [6.07, 6.45) is 3.67. The van der Waals surface area contributed by atoms with Gasteiger partial charge in [-0.2, -0.15) is 0 Å². The number of nitrogens with two attached hydrogens (primary N) is 1. The highest BCUT2D eigenvalue weighted by Gasteiger charge is 2.31. The first-order chi connectivity index (χ1) is 11.0. The van der Waals surface area contributed by atoms with Gasteiger partial charge in [-0.25, -0.2) is 8.78 Å². The summed E-state index contributed by atoms with van der Waals surface area (Å²) >= 11 is 0. The molecule has 0 radical (unpaired) electrons. The number of nitrogens with zero attached hydrogens (tertiary/aromatic N) is 2. The van der Waals surface area contributed by atoms with Crippen LogP contribution in [-0.4, -0.2) is 43.0 Å². The summed E-state index contributed by atoms with van der Waals surface area (Å²) in [4.78, 5) is 16.2. The lowest BCUT2D eigenvalue weighted by molar-refractivity contribution is -0.137. The Morgan fingerprint density at radius 1 is 1.13 bits per heavy atom. The van der Waals surface area contributed by atoms with Gasteiger partial charge in [0.1, 0.15) is 11.6 Å². The maximum atomic E-state index is 13.8. The van der Waals surface area contributed by atoms with Crippen LogP contribution in [0.4, 0.5) is 14.5 Å². The standard InChI is InChI=1S/C17H23F2N3O/c18-13-4-5-15(19)16(11-13)21-6-8-22(9-7-21)17(23)12-2-1-3-14(20)10-12/h4-5,11-12,14H,1-3,6-10,20H2/t12-,14-/m0/s1. The lowest BCUT2D eigenvalue weighted by Crippen LogP contribution is -2.51. The molecule has 126 valence electrons. The molecule has 1 aliphatic heterocycles. The molecule has 1 aromatic carbocycles. The highest BCUT2D eigenvalue weighted by atomic mass is 19.1. The second-order valence-electron chi connectivity index (χ2n) is 6.53. The summed E-state index contributed by atoms with van der Waals surface area (Å²) in [5, 5.41) is 0. The monoisotopic (exact) mass is 323 g/mol. The Balaban J connectivity index is 1.59. The van der Waals surface area contributed by atoms with Crippen molar-refractivity contribution in [2.45, 2.75) is 31.7 Å². The van der Waals surface area contributed by atoms with Crippen LogP contribution >= 0.6 is 0 Å². The fraction of sp³-hybridized carbons (Fsp3) is 0.588. The SMILES string of the molecule is N[C@H]1CCC[C@H](C(=O)N2CCN(c3cc(F)ccc3F)CC2)C1. The van der Waals surface area contributed by atoms with E-state index in [1.807, 2.05) is 4.90 Å². The van der Waals surface area contributed by atoms with E-state index in [1.54, 1.807) is 4.90 Å². The number of hydrogen-bond donors (Lipinski definition) is 1. The average molecular weight is 323 g/mol. The van der Waals surface area contributed by atoms with Crippen LogP contribution in [0.15, 0.2) is 18.2 Å². The van der Waals surface area contributed by atoms with Crippen molar-refractivity contribution < 1.29 is 13.6 Å². The molecule has 2 aliphatic rings. The molecule has 4 nitrogen and oxygen atoms in total. The van der Waals surface area contributed by atoms with Gasteiger partial charge in [0.15, 0.2) is 0 Å². The topological polar surface area (TPSA) is 49.6 Å². The van der Waals surface area contributed by atoms with E-state index in [1.165, 1.54) is 6.07 Å². The zero-order valence-electron chi connectivity index (χ0n) is 13.2. The van der Waals surface area contributed by atoms with Gasteiger partial charge in [0.2, 0.25) is 5.91 Å². The third-order valence-electron chi connectivity index (χ3n) is 4.90. The highest BCUT2D eigenvalue weighted by Crippen LogP contribution is 2.26. The summed E-state index contributed by atoms with van der Waals surface area (Å²) in [5.74, 6) is -0.684. The van der Waals surface area contributed by atoms with Crippen molar-refractivity contribution in [1.82, 2.24) is 4.90 Å². The summed E-state index contributed by atoms with van der Waals surface area (Å²) in [6, 6.07) is 3.60. The van der Waals surface area contributed by atoms with Gasteiger partial charge in [0.05, 0.1) is 5.69 Å². The fourth-order valence-corrected chi connectivity index (χ4v) is 3.61. The van der Waals surface area contributed by atoms with Crippen molar-refractivity contribution in [2.24, 2.45) is 11.7 Å². The molecule has 2 fully saturated rings. The number of benzene rings is 1. The number of piperazine rings is 1. The highest BCUT2D eigenvalue weighted by molar-refractivity contribution is 5.79. The van der Waals surface area contributed by atoms with Crippen molar-refractivity contribution in [3.05, 3.63) is 29.8 Å². The van der Waals surface area contributed by atoms with E-state index in [2.05, 4.69) is 0 Å². The number of carbonyl (C=O) groups excluding carboxylic acids is 1. The van der Waals surface area contributed by atoms with Crippen LogP contribution in [0.2, 0.25) is 0 Å². The molecule has 2 atom stereocenters. The normalized spacial score (nSPS) is 25.5. The summed E-state index contributed by atoms with van der Waals surface area (Å²) in [7, 11) is 0. The Bertz CT molecular complexity index is 573. The molecule has 3 rings (SSSR count). The van der Waals surface area contributed by atoms with E-state index in [0.717, 1.165) is 37.8 Å². The van der Waals surface area contributed by atoms with Crippen LogP contribution in [0.1, 0.15) is 25.7 Å². The molecule has 0 aromatic heterocycles. The maximum Gasteiger partial charge on any atom is 0.225 e. The molecule has 1 aliphatic carbocycles. The molecule has 1 heterocycles. The molecule has 1 amide bonds. The van der Waals surface area contributed by atoms with Gasteiger partial charge in [-0.3, -0.25) is 4.79 Å². The lowest BCUT2D eigenvalue weighted by Gasteiger charge is -2.38. The van der Waals surface area contributed by atoms with Crippen molar-refractivity contribution in [3.63, 3.8) is 0 Å². The van der Waals surface area contributed by atoms with Gasteiger partial charge in [0, 0.05) is 44.2 Å². The van der Waals surface area contributed by atoms with Gasteiger partial charge >= 0.3 is 0 Å². The number of halogens is 2. The van der Waals surface area contributed by atoms with E-state index >= 15 is 0 Å². The zero-order chi connectivity index (χ0) is 16.4. The molecule has 6 heteroatoms. The molecule has 1 aromatic rings. The molecular formula is C17H23F2N3O. The van der Waals surface area contributed by atoms with E-state index in [-0.39, 0.29) is 23.6 Å². The summed E-state index contributed by atoms with van der Waals surface area (Å²) < 4.78 is 27.2. The van der Waals surface area contributed by atoms with Gasteiger partial charge in [-0.15, -0.1) is 0 Å². The summed E-state index contributed by atoms with van der Waals surface area (Å²) in [5.41, 5.74) is 6.24. The third kappa shape index (κ3) is 3.63. The van der Waals surface area contributed by atoms with Gasteiger partial charge in [-0.05, 0) is 31.4 Å². The molecule has 0 spiro atoms. The van der Waals surface area contributed by atoms with Crippen LogP contribution in [0.5, 0.6) is 0 Å². The number of rotatable bonds is 2. The Kier molecular flexibility index (Phi) is 4.80. The van der Waals surface area contributed by atoms with Crippen LogP contribution in [0.25, 0.3) is 0 Å². The molecular weight excluding hydrogens is 300 g/mol. The fourth-order valence-electron chi connectivity index (χ4n) is 3.61. The minimum atomic E-state index is -0.448. The molecule has 1 saturated carbocycles. The largest absolute Gasteiger partial charge is 0.366 e. The smallest absolute Gasteiger partial charge is 0.225 e. The maximum absolute atomic E-state index is 13.8. The van der Waals surface area contributed by atoms with Gasteiger partial charge in [0.25, 0.3) is 0 Å². The first kappa shape index (κ1) is 16.2. The van der Waals surface area contributed by atoms with Crippen LogP contribution in [-0.2, 0) is 4.79 Å². The van der Waals surface area contributed by atoms with Gasteiger partial charge < -0.3 is 15.5 Å². The van der Waals surface area contributed by atoms with E-state index in [4.69, 9.17) is 5.73 Å². The minimum Gasteiger partial charge on any atom is -0.366 e. The summed E-state index contributed by atoms with van der Waals surface area (Å²) in [6.45, 7) is 2.12. The lowest BCUT2D eigenvalue weighted by atomic mass is 9.85. The zero-order valence-corrected chi connectivity index (χ0v) is 13.2. The van der Waals surface area contributed by atoms with E-state index in [0.29, 0.717) is 26.2 Å². The minimum absolute atomic E-state index is 0.0243. The predicted octanol–water partition coefficient (Wildman–Crippen LogP) is 2.13. The van der Waals surface area contributed by atoms with E-state index < -0.39 is 11.6 Å². The number of amides is 1. The van der Waals surface area contributed by atoms with Crippen molar-refractivity contribution in [3.8, 4) is 0 Å². The Morgan fingerprint density at radius 3 is 2.57 bits per heavy atom. The number of anilines is 1. The molecule has 2 N–H and O–H groups in total. The quantitative estimate of drug-likeness (QED) is 0.907. The first-order valence-electron chi connectivity index (χ1n) is 8.29. The Morgan fingerprint density at radius 2 is 1.87 bits per heavy atom. The van der Waals surface area contributed by atoms with Gasteiger partial charge in [-0.1, -0.05) is 6.42 Å². The Labute approximate surface area is 135 Å². The molecule has 23 heavy (non-hydrogen) atoms. The predicted molar refractivity (Wildman–Crippen MR) is 85.1 cm³/mol. The molecule has 1 saturated heterocycles. The Hall–Kier alpha value is -1.69. The third-order valence-corrected chi connectivity index (χ3v) is 4.90. The second kappa shape index (κ2) is 6.83. The van der Waals surface area contributed by atoms with Crippen LogP contribution < -0.4 is 10.6 Å². The van der Waals surface area contributed by atoms with Crippen molar-refractivity contribution >= 4 is 11.6 Å². The first-order valence-corrected chi connectivity index (χ1v) is 8.29. The molecule has 0 bridgehead atoms. The van der Waals surface area contributed by atoms with Crippen molar-refractivity contribution in [1.29, 1.82) is 0 Å². The van der Waals surface area contributed by atoms with Crippen LogP contribution in [0, 0.1) is 17.6 Å². The van der Waals surface area contributed by atoms with Crippen LogP contribution in [0.3, 0.4) is 0 Å². The number of carbonyl (C=O) groups is 1. The number of hydrogen-bond acceptors (Lipinski definition) is 3. The second-order valence-corrected chi connectivity index (χ2v) is 6.53.